The molecule has 1 fully saturated rings. The summed E-state index contributed by atoms with van der Waals surface area (Å²) in [6.45, 7) is 5.93. The molecule has 0 atom stereocenters. The molecular weight excluding hydrogens is 519 g/mol. The molecule has 9 nitrogen and oxygen atoms in total. The molecule has 206 valence electrons. The fourth-order valence-electron chi connectivity index (χ4n) is 4.50. The Balaban J connectivity index is 1.56. The summed E-state index contributed by atoms with van der Waals surface area (Å²) in [6, 6.07) is 1.70. The van der Waals surface area contributed by atoms with Crippen molar-refractivity contribution >= 4 is 16.1 Å². The molecule has 3 aromatic heterocycles. The van der Waals surface area contributed by atoms with Gasteiger partial charge in [0.15, 0.2) is 5.69 Å². The van der Waals surface area contributed by atoms with E-state index in [1.54, 1.807) is 22.8 Å². The van der Waals surface area contributed by atoms with E-state index < -0.39 is 21.9 Å². The van der Waals surface area contributed by atoms with Crippen LogP contribution in [0.3, 0.4) is 0 Å². The smallest absolute Gasteiger partial charge is 0.375 e. The minimum Gasteiger partial charge on any atom is -0.375 e. The molecule has 0 aromatic carbocycles. The van der Waals surface area contributed by atoms with Crippen LogP contribution in [0.1, 0.15) is 50.1 Å². The van der Waals surface area contributed by atoms with E-state index in [1.165, 1.54) is 6.20 Å². The van der Waals surface area contributed by atoms with Gasteiger partial charge < -0.3 is 4.90 Å². The Labute approximate surface area is 220 Å². The molecule has 0 aliphatic carbocycles. The summed E-state index contributed by atoms with van der Waals surface area (Å²) in [7, 11) is -3.21. The van der Waals surface area contributed by atoms with Crippen LogP contribution in [-0.4, -0.2) is 74.9 Å². The number of unbranched alkanes of at least 4 members (excludes halogenated alkanes) is 1. The van der Waals surface area contributed by atoms with Gasteiger partial charge in [-0.1, -0.05) is 20.3 Å². The average Bonchev–Trinajstić information content (AvgIpc) is 3.56. The second-order valence-corrected chi connectivity index (χ2v) is 11.3. The lowest BCUT2D eigenvalue weighted by Gasteiger charge is -2.33. The number of H-pyrrole nitrogens is 2. The molecule has 0 amide bonds. The third-order valence-electron chi connectivity index (χ3n) is 6.51. The number of aryl methyl sites for hydroxylation is 1. The van der Waals surface area contributed by atoms with Gasteiger partial charge in [-0.2, -0.15) is 27.7 Å². The van der Waals surface area contributed by atoms with Crippen LogP contribution in [0.2, 0.25) is 0 Å². The molecule has 4 heterocycles. The third kappa shape index (κ3) is 6.26. The quantitative estimate of drug-likeness (QED) is 0.383. The molecule has 0 bridgehead atoms. The van der Waals surface area contributed by atoms with Gasteiger partial charge in [0, 0.05) is 55.9 Å². The van der Waals surface area contributed by atoms with Crippen LogP contribution >= 0.6 is 0 Å². The highest BCUT2D eigenvalue weighted by Gasteiger charge is 2.37. The van der Waals surface area contributed by atoms with Gasteiger partial charge in [0.05, 0.1) is 28.9 Å². The minimum absolute atomic E-state index is 0.0887. The van der Waals surface area contributed by atoms with E-state index >= 15 is 0 Å². The maximum Gasteiger partial charge on any atom is 0.435 e. The van der Waals surface area contributed by atoms with Crippen molar-refractivity contribution in [2.75, 3.05) is 31.9 Å². The normalized spacial score (nSPS) is 15.6. The topological polar surface area (TPSA) is 111 Å². The number of nitrogens with one attached hydrogen (secondary N) is 2. The first kappa shape index (κ1) is 27.8. The summed E-state index contributed by atoms with van der Waals surface area (Å²) in [5.41, 5.74) is 2.32. The van der Waals surface area contributed by atoms with Gasteiger partial charge >= 0.3 is 6.18 Å². The predicted octanol–water partition coefficient (Wildman–Crippen LogP) is 4.55. The molecule has 1 aliphatic heterocycles. The average molecular weight is 552 g/mol. The number of piperazine rings is 1. The molecule has 0 saturated carbocycles. The van der Waals surface area contributed by atoms with E-state index in [0.29, 0.717) is 39.0 Å². The predicted molar refractivity (Wildman–Crippen MR) is 139 cm³/mol. The van der Waals surface area contributed by atoms with Gasteiger partial charge in [0.2, 0.25) is 10.0 Å². The lowest BCUT2D eigenvalue weighted by Crippen LogP contribution is -2.47. The number of hydrogen-bond acceptors (Lipinski definition) is 6. The molecule has 3 aromatic rings. The number of alkyl halides is 3. The molecule has 0 radical (unpaired) electrons. The van der Waals surface area contributed by atoms with Crippen molar-refractivity contribution in [3.8, 4) is 22.4 Å². The zero-order valence-corrected chi connectivity index (χ0v) is 22.2. The first-order valence-electron chi connectivity index (χ1n) is 12.7. The summed E-state index contributed by atoms with van der Waals surface area (Å²) >= 11 is 0. The highest BCUT2D eigenvalue weighted by molar-refractivity contribution is 7.89. The Morgan fingerprint density at radius 3 is 2.50 bits per heavy atom. The fourth-order valence-corrected chi connectivity index (χ4v) is 5.99. The molecule has 38 heavy (non-hydrogen) atoms. The number of halogens is 3. The maximum absolute atomic E-state index is 13.4. The number of nitrogens with zero attached hydrogens (tertiary/aromatic N) is 5. The Bertz CT molecular complexity index is 1360. The first-order valence-corrected chi connectivity index (χ1v) is 14.3. The largest absolute Gasteiger partial charge is 0.435 e. The molecule has 1 aliphatic rings. The van der Waals surface area contributed by atoms with Gasteiger partial charge in [-0.3, -0.25) is 15.2 Å². The van der Waals surface area contributed by atoms with Crippen LogP contribution in [0.5, 0.6) is 0 Å². The number of hydrogen-bond donors (Lipinski definition) is 2. The summed E-state index contributed by atoms with van der Waals surface area (Å²) in [5, 5.41) is 12.9. The minimum atomic E-state index is -4.59. The molecule has 1 saturated heterocycles. The molecular formula is C25H32F3N7O2S. The van der Waals surface area contributed by atoms with Gasteiger partial charge in [0.1, 0.15) is 0 Å². The standard InChI is InChI=1S/C25H32F3N7O2S/c1-3-5-6-18-14-23(21-17-31-33-24(21)25(26,27)28)29-15-19(18)20-16-30-32-22(20)7-8-34-9-11-35(12-10-34)38(36,37)13-4-2/h7-8,14-17H,3-6,9-13H2,1-2H3,(H,30,32)(H,31,33)/b8-7+. The van der Waals surface area contributed by atoms with Crippen molar-refractivity contribution in [1.29, 1.82) is 0 Å². The lowest BCUT2D eigenvalue weighted by molar-refractivity contribution is -0.140. The molecule has 2 N–H and O–H groups in total. The highest BCUT2D eigenvalue weighted by atomic mass is 32.2. The van der Waals surface area contributed by atoms with Gasteiger partial charge in [-0.15, -0.1) is 0 Å². The van der Waals surface area contributed by atoms with Crippen molar-refractivity contribution in [3.05, 3.63) is 47.8 Å². The van der Waals surface area contributed by atoms with Crippen molar-refractivity contribution in [3.63, 3.8) is 0 Å². The van der Waals surface area contributed by atoms with Crippen molar-refractivity contribution in [2.45, 2.75) is 45.7 Å². The van der Waals surface area contributed by atoms with E-state index in [0.717, 1.165) is 35.2 Å². The Morgan fingerprint density at radius 2 is 1.82 bits per heavy atom. The van der Waals surface area contributed by atoms with Gasteiger partial charge in [-0.05, 0) is 37.0 Å². The number of aromatic amines is 2. The SMILES string of the molecule is CCCCc1cc(-c2c[nH]nc2C(F)(F)F)ncc1-c1cn[nH]c1/C=C/N1CCN(S(=O)(=O)CCC)CC1. The van der Waals surface area contributed by atoms with Crippen LogP contribution in [0.4, 0.5) is 13.2 Å². The van der Waals surface area contributed by atoms with E-state index in [1.807, 2.05) is 19.2 Å². The summed E-state index contributed by atoms with van der Waals surface area (Å²) < 4.78 is 66.4. The molecule has 0 spiro atoms. The summed E-state index contributed by atoms with van der Waals surface area (Å²) in [5.74, 6) is 0.158. The van der Waals surface area contributed by atoms with E-state index in [9.17, 15) is 21.6 Å². The monoisotopic (exact) mass is 551 g/mol. The number of aromatic nitrogens is 5. The summed E-state index contributed by atoms with van der Waals surface area (Å²) in [6.07, 6.45) is 6.74. The van der Waals surface area contributed by atoms with Gasteiger partial charge in [-0.25, -0.2) is 8.42 Å². The number of pyridine rings is 1. The number of rotatable bonds is 10. The molecule has 4 rings (SSSR count). The van der Waals surface area contributed by atoms with Crippen LogP contribution < -0.4 is 0 Å². The molecule has 13 heteroatoms. The van der Waals surface area contributed by atoms with Crippen molar-refractivity contribution < 1.29 is 21.6 Å². The summed E-state index contributed by atoms with van der Waals surface area (Å²) in [4.78, 5) is 6.41. The molecule has 0 unspecified atom stereocenters. The van der Waals surface area contributed by atoms with Crippen LogP contribution in [0.15, 0.2) is 30.9 Å². The maximum atomic E-state index is 13.4. The fraction of sp³-hybridized carbons (Fsp3) is 0.480. The lowest BCUT2D eigenvalue weighted by atomic mass is 9.96. The van der Waals surface area contributed by atoms with Gasteiger partial charge in [0.25, 0.3) is 0 Å². The second-order valence-electron chi connectivity index (χ2n) is 9.24. The van der Waals surface area contributed by atoms with E-state index in [2.05, 4.69) is 37.2 Å². The van der Waals surface area contributed by atoms with Crippen molar-refractivity contribution in [2.24, 2.45) is 0 Å². The second kappa shape index (κ2) is 11.7. The zero-order valence-electron chi connectivity index (χ0n) is 21.4. The zero-order chi connectivity index (χ0) is 27.3. The third-order valence-corrected chi connectivity index (χ3v) is 8.59. The number of sulfonamides is 1. The van der Waals surface area contributed by atoms with Crippen molar-refractivity contribution in [1.82, 2.24) is 34.6 Å². The Hall–Kier alpha value is -3.19. The van der Waals surface area contributed by atoms with E-state index in [-0.39, 0.29) is 17.0 Å². The Morgan fingerprint density at radius 1 is 1.05 bits per heavy atom. The Kier molecular flexibility index (Phi) is 8.56. The van der Waals surface area contributed by atoms with E-state index in [4.69, 9.17) is 0 Å². The first-order chi connectivity index (χ1) is 18.1. The van der Waals surface area contributed by atoms with Crippen LogP contribution in [0, 0.1) is 0 Å². The van der Waals surface area contributed by atoms with Crippen LogP contribution in [-0.2, 0) is 22.6 Å². The highest BCUT2D eigenvalue weighted by Crippen LogP contribution is 2.36. The van der Waals surface area contributed by atoms with Crippen LogP contribution in [0.25, 0.3) is 28.5 Å².